The molecule has 69 valence electrons. The fraction of sp³-hybridized carbons (Fsp3) is 0.222. The molecule has 1 rings (SSSR count). The summed E-state index contributed by atoms with van der Waals surface area (Å²) in [5.41, 5.74) is 0.847. The first-order valence-electron chi connectivity index (χ1n) is 3.49. The quantitative estimate of drug-likeness (QED) is 0.822. The molecule has 2 nitrogen and oxygen atoms in total. The van der Waals surface area contributed by atoms with Gasteiger partial charge in [-0.3, -0.25) is 4.79 Å². The Hall–Kier alpha value is -0.570. The molecule has 0 saturated heterocycles. The predicted octanol–water partition coefficient (Wildman–Crippen LogP) is 1.87. The summed E-state index contributed by atoms with van der Waals surface area (Å²) in [5, 5.41) is 8.64. The molecule has 0 aliphatic heterocycles. The van der Waals surface area contributed by atoms with Gasteiger partial charge < -0.3 is 5.11 Å². The van der Waals surface area contributed by atoms with Gasteiger partial charge in [0.2, 0.25) is 0 Å². The number of hydrogen-bond acceptors (Lipinski definition) is 1. The zero-order valence-corrected chi connectivity index (χ0v) is 8.10. The summed E-state index contributed by atoms with van der Waals surface area (Å²) in [7, 11) is 0. The van der Waals surface area contributed by atoms with E-state index < -0.39 is 11.9 Å². The number of hydrogen-bond donors (Lipinski definition) is 1. The van der Waals surface area contributed by atoms with Gasteiger partial charge in [0.05, 0.1) is 5.92 Å². The molecule has 1 N–H and O–H groups in total. The molecule has 0 amide bonds. The van der Waals surface area contributed by atoms with Gasteiger partial charge in [0.15, 0.2) is 0 Å². The summed E-state index contributed by atoms with van der Waals surface area (Å²) < 4.78 is 0. The molecule has 1 radical (unpaired) electrons. The Balaban J connectivity index is 0.00000121. The maximum absolute atomic E-state index is 10.5. The maximum atomic E-state index is 10.5. The third-order valence-electron chi connectivity index (χ3n) is 1.67. The number of carboxylic acids is 1. The monoisotopic (exact) mass is 257 g/mol. The van der Waals surface area contributed by atoms with Crippen LogP contribution in [0.4, 0.5) is 0 Å². The average molecular weight is 258 g/mol. The van der Waals surface area contributed by atoms with Crippen LogP contribution >= 0.6 is 0 Å². The van der Waals surface area contributed by atoms with Crippen LogP contribution in [0.1, 0.15) is 18.4 Å². The molecule has 0 fully saturated rings. The van der Waals surface area contributed by atoms with Gasteiger partial charge in [-0.25, -0.2) is 0 Å². The Kier molecular flexibility index (Phi) is 4.90. The van der Waals surface area contributed by atoms with Gasteiger partial charge in [0, 0.05) is 22.4 Å². The molecule has 1 atom stereocenters. The van der Waals surface area contributed by atoms with Gasteiger partial charge in [0.25, 0.3) is 0 Å². The number of carbonyl (C=O) groups is 1. The van der Waals surface area contributed by atoms with E-state index >= 15 is 0 Å². The third kappa shape index (κ3) is 2.81. The molecule has 1 aromatic rings. The van der Waals surface area contributed by atoms with E-state index in [9.17, 15) is 4.79 Å². The molecule has 1 aromatic carbocycles. The summed E-state index contributed by atoms with van der Waals surface area (Å²) in [6, 6.07) is 9.19. The van der Waals surface area contributed by atoms with Gasteiger partial charge in [-0.05, 0) is 12.5 Å². The van der Waals surface area contributed by atoms with Crippen molar-refractivity contribution in [2.45, 2.75) is 12.8 Å². The van der Waals surface area contributed by atoms with E-state index in [4.69, 9.17) is 5.11 Å². The molecular weight excluding hydrogens is 248 g/mol. The number of benzene rings is 1. The largest absolute Gasteiger partial charge is 0.481 e. The molecule has 0 spiro atoms. The van der Waals surface area contributed by atoms with E-state index in [1.165, 1.54) is 0 Å². The number of carboxylic acid groups (broad SMARTS) is 1. The minimum atomic E-state index is -0.781. The van der Waals surface area contributed by atoms with E-state index in [0.717, 1.165) is 5.56 Å². The van der Waals surface area contributed by atoms with E-state index in [2.05, 4.69) is 0 Å². The van der Waals surface area contributed by atoms with Crippen molar-refractivity contribution < 1.29 is 32.3 Å². The predicted molar refractivity (Wildman–Crippen MR) is 42.5 cm³/mol. The maximum Gasteiger partial charge on any atom is 0.310 e. The van der Waals surface area contributed by atoms with Crippen LogP contribution < -0.4 is 0 Å². The average Bonchev–Trinajstić information content (AvgIpc) is 2.05. The van der Waals surface area contributed by atoms with Gasteiger partial charge in [0.1, 0.15) is 0 Å². The summed E-state index contributed by atoms with van der Waals surface area (Å²) in [6.45, 7) is 1.68. The second-order valence-electron chi connectivity index (χ2n) is 2.47. The van der Waals surface area contributed by atoms with Crippen molar-refractivity contribution in [1.82, 2.24) is 0 Å². The van der Waals surface area contributed by atoms with E-state index in [1.807, 2.05) is 30.3 Å². The summed E-state index contributed by atoms with van der Waals surface area (Å²) >= 11 is 0. The zero-order chi connectivity index (χ0) is 8.27. The van der Waals surface area contributed by atoms with Crippen LogP contribution in [0.5, 0.6) is 0 Å². The van der Waals surface area contributed by atoms with E-state index in [-0.39, 0.29) is 22.4 Å². The van der Waals surface area contributed by atoms with Crippen LogP contribution in [0.15, 0.2) is 30.3 Å². The van der Waals surface area contributed by atoms with Crippen LogP contribution in [0, 0.1) is 0 Å². The number of aliphatic carboxylic acids is 1. The Bertz CT molecular complexity index is 246. The Morgan fingerprint density at radius 2 is 1.83 bits per heavy atom. The molecule has 0 heterocycles. The van der Waals surface area contributed by atoms with Gasteiger partial charge in [-0.1, -0.05) is 30.3 Å². The van der Waals surface area contributed by atoms with Crippen LogP contribution in [-0.2, 0) is 27.2 Å². The van der Waals surface area contributed by atoms with E-state index in [0.29, 0.717) is 0 Å². The van der Waals surface area contributed by atoms with Crippen LogP contribution in [0.2, 0.25) is 0 Å². The fourth-order valence-electron chi connectivity index (χ4n) is 0.884. The molecular formula is C9H10AgO2. The smallest absolute Gasteiger partial charge is 0.310 e. The molecule has 0 aliphatic rings. The molecule has 0 bridgehead atoms. The van der Waals surface area contributed by atoms with Crippen molar-refractivity contribution in [2.75, 3.05) is 0 Å². The number of rotatable bonds is 2. The van der Waals surface area contributed by atoms with Crippen molar-refractivity contribution in [2.24, 2.45) is 0 Å². The normalized spacial score (nSPS) is 11.4. The third-order valence-corrected chi connectivity index (χ3v) is 1.67. The van der Waals surface area contributed by atoms with Gasteiger partial charge in [-0.15, -0.1) is 0 Å². The van der Waals surface area contributed by atoms with Gasteiger partial charge in [-0.2, -0.15) is 0 Å². The first-order chi connectivity index (χ1) is 5.22. The van der Waals surface area contributed by atoms with Crippen molar-refractivity contribution >= 4 is 5.97 Å². The molecule has 0 aromatic heterocycles. The SMILES string of the molecule is CC(C(=O)O)c1ccccc1.[Ag]. The Morgan fingerprint density at radius 3 is 2.25 bits per heavy atom. The first-order valence-corrected chi connectivity index (χ1v) is 3.49. The Morgan fingerprint density at radius 1 is 1.33 bits per heavy atom. The van der Waals surface area contributed by atoms with Crippen LogP contribution in [0.25, 0.3) is 0 Å². The van der Waals surface area contributed by atoms with Crippen molar-refractivity contribution in [3.8, 4) is 0 Å². The molecule has 1 unspecified atom stereocenters. The van der Waals surface area contributed by atoms with Crippen LogP contribution in [0.3, 0.4) is 0 Å². The summed E-state index contributed by atoms with van der Waals surface area (Å²) in [5.74, 6) is -1.19. The van der Waals surface area contributed by atoms with Crippen molar-refractivity contribution in [1.29, 1.82) is 0 Å². The second-order valence-corrected chi connectivity index (χ2v) is 2.47. The minimum Gasteiger partial charge on any atom is -0.481 e. The van der Waals surface area contributed by atoms with Gasteiger partial charge >= 0.3 is 5.97 Å². The topological polar surface area (TPSA) is 37.3 Å². The Labute approximate surface area is 87.1 Å². The van der Waals surface area contributed by atoms with Crippen molar-refractivity contribution in [3.05, 3.63) is 35.9 Å². The molecule has 3 heteroatoms. The molecule has 0 saturated carbocycles. The minimum absolute atomic E-state index is 0. The van der Waals surface area contributed by atoms with E-state index in [1.54, 1.807) is 6.92 Å². The van der Waals surface area contributed by atoms with Crippen LogP contribution in [-0.4, -0.2) is 11.1 Å². The molecule has 0 aliphatic carbocycles. The second kappa shape index (κ2) is 5.14. The van der Waals surface area contributed by atoms with Crippen molar-refractivity contribution in [3.63, 3.8) is 0 Å². The summed E-state index contributed by atoms with van der Waals surface area (Å²) in [4.78, 5) is 10.5. The zero-order valence-electron chi connectivity index (χ0n) is 6.62. The molecule has 12 heavy (non-hydrogen) atoms. The standard InChI is InChI=1S/C9H10O2.Ag/c1-7(9(10)11)8-5-3-2-4-6-8;/h2-7H,1H3,(H,10,11);. The first kappa shape index (κ1) is 11.4. The summed E-state index contributed by atoms with van der Waals surface area (Å²) in [6.07, 6.45) is 0. The fourth-order valence-corrected chi connectivity index (χ4v) is 0.884.